The molecular formula is C21H28N2O3. The van der Waals surface area contributed by atoms with Crippen LogP contribution in [-0.2, 0) is 13.1 Å². The number of nitrogens with zero attached hydrogens (tertiary/aromatic N) is 2. The van der Waals surface area contributed by atoms with Crippen molar-refractivity contribution in [2.75, 3.05) is 33.4 Å². The maximum absolute atomic E-state index is 9.98. The molecule has 1 unspecified atom stereocenters. The van der Waals surface area contributed by atoms with Gasteiger partial charge in [-0.3, -0.25) is 9.80 Å². The van der Waals surface area contributed by atoms with Crippen LogP contribution >= 0.6 is 0 Å². The topological polar surface area (TPSA) is 56.2 Å². The number of phenolic OH excluding ortho intramolecular Hbond substituents is 1. The first-order valence-electron chi connectivity index (χ1n) is 9.16. The number of rotatable bonds is 7. The number of phenols is 1. The van der Waals surface area contributed by atoms with Crippen molar-refractivity contribution in [1.82, 2.24) is 9.80 Å². The number of aliphatic hydroxyl groups excluding tert-OH is 1. The number of methoxy groups -OCH3 is 1. The Morgan fingerprint density at radius 3 is 2.54 bits per heavy atom. The molecule has 2 aromatic carbocycles. The molecule has 1 aliphatic rings. The van der Waals surface area contributed by atoms with E-state index < -0.39 is 0 Å². The molecule has 0 bridgehead atoms. The molecule has 3 rings (SSSR count). The molecule has 5 heteroatoms. The van der Waals surface area contributed by atoms with Crippen molar-refractivity contribution in [2.24, 2.45) is 0 Å². The Bertz CT molecular complexity index is 693. The van der Waals surface area contributed by atoms with Crippen molar-refractivity contribution in [2.45, 2.75) is 25.6 Å². The Kier molecular flexibility index (Phi) is 6.50. The van der Waals surface area contributed by atoms with Gasteiger partial charge in [0.2, 0.25) is 0 Å². The smallest absolute Gasteiger partial charge is 0.160 e. The van der Waals surface area contributed by atoms with Gasteiger partial charge in [0.15, 0.2) is 11.5 Å². The molecule has 0 aromatic heterocycles. The van der Waals surface area contributed by atoms with E-state index >= 15 is 0 Å². The lowest BCUT2D eigenvalue weighted by molar-refractivity contribution is 0.0499. The third kappa shape index (κ3) is 4.75. The Morgan fingerprint density at radius 2 is 1.85 bits per heavy atom. The van der Waals surface area contributed by atoms with Crippen molar-refractivity contribution < 1.29 is 14.9 Å². The SMILES string of the molecule is COc1ccc(CN2CCN(Cc3ccccc3)C(CCO)C2)cc1O. The van der Waals surface area contributed by atoms with Crippen LogP contribution in [0.5, 0.6) is 11.5 Å². The van der Waals surface area contributed by atoms with E-state index in [2.05, 4.69) is 34.1 Å². The number of hydrogen-bond donors (Lipinski definition) is 2. The van der Waals surface area contributed by atoms with Gasteiger partial charge in [0.25, 0.3) is 0 Å². The Labute approximate surface area is 155 Å². The zero-order valence-electron chi connectivity index (χ0n) is 15.3. The van der Waals surface area contributed by atoms with Crippen molar-refractivity contribution >= 4 is 0 Å². The average molecular weight is 356 g/mol. The summed E-state index contributed by atoms with van der Waals surface area (Å²) in [5.74, 6) is 0.680. The summed E-state index contributed by atoms with van der Waals surface area (Å²) in [6, 6.07) is 16.4. The van der Waals surface area contributed by atoms with Gasteiger partial charge < -0.3 is 14.9 Å². The van der Waals surface area contributed by atoms with Gasteiger partial charge in [-0.05, 0) is 29.7 Å². The minimum Gasteiger partial charge on any atom is -0.504 e. The summed E-state index contributed by atoms with van der Waals surface area (Å²) in [5, 5.41) is 19.5. The van der Waals surface area contributed by atoms with Crippen LogP contribution in [0.15, 0.2) is 48.5 Å². The summed E-state index contributed by atoms with van der Waals surface area (Å²) in [6.45, 7) is 4.78. The summed E-state index contributed by atoms with van der Waals surface area (Å²) < 4.78 is 5.11. The highest BCUT2D eigenvalue weighted by Crippen LogP contribution is 2.27. The molecule has 0 aliphatic carbocycles. The molecule has 2 N–H and O–H groups in total. The van der Waals surface area contributed by atoms with Crippen LogP contribution in [0, 0.1) is 0 Å². The molecule has 0 amide bonds. The van der Waals surface area contributed by atoms with E-state index in [0.717, 1.165) is 44.7 Å². The molecule has 1 heterocycles. The molecule has 1 fully saturated rings. The lowest BCUT2D eigenvalue weighted by Gasteiger charge is -2.41. The molecule has 0 spiro atoms. The van der Waals surface area contributed by atoms with E-state index in [0.29, 0.717) is 11.8 Å². The minimum atomic E-state index is 0.180. The minimum absolute atomic E-state index is 0.180. The van der Waals surface area contributed by atoms with Crippen molar-refractivity contribution in [3.63, 3.8) is 0 Å². The number of ether oxygens (including phenoxy) is 1. The van der Waals surface area contributed by atoms with Crippen LogP contribution in [0.2, 0.25) is 0 Å². The maximum Gasteiger partial charge on any atom is 0.160 e. The fourth-order valence-corrected chi connectivity index (χ4v) is 3.64. The highest BCUT2D eigenvalue weighted by Gasteiger charge is 2.26. The molecule has 0 radical (unpaired) electrons. The number of hydrogen-bond acceptors (Lipinski definition) is 5. The number of benzene rings is 2. The van der Waals surface area contributed by atoms with Gasteiger partial charge in [-0.2, -0.15) is 0 Å². The monoisotopic (exact) mass is 356 g/mol. The second kappa shape index (κ2) is 9.03. The van der Waals surface area contributed by atoms with Crippen LogP contribution in [0.1, 0.15) is 17.5 Å². The first-order chi connectivity index (χ1) is 12.7. The van der Waals surface area contributed by atoms with Gasteiger partial charge >= 0.3 is 0 Å². The zero-order chi connectivity index (χ0) is 18.4. The molecule has 26 heavy (non-hydrogen) atoms. The van der Waals surface area contributed by atoms with Gasteiger partial charge in [-0.25, -0.2) is 0 Å². The first-order valence-corrected chi connectivity index (χ1v) is 9.16. The lowest BCUT2D eigenvalue weighted by atomic mass is 10.1. The van der Waals surface area contributed by atoms with Gasteiger partial charge in [0, 0.05) is 45.4 Å². The predicted octanol–water partition coefficient (Wildman–Crippen LogP) is 2.47. The molecule has 0 saturated carbocycles. The van der Waals surface area contributed by atoms with Crippen LogP contribution in [0.4, 0.5) is 0 Å². The van der Waals surface area contributed by atoms with E-state index in [9.17, 15) is 10.2 Å². The number of aromatic hydroxyl groups is 1. The molecule has 1 aliphatic heterocycles. The predicted molar refractivity (Wildman–Crippen MR) is 102 cm³/mol. The summed E-state index contributed by atoms with van der Waals surface area (Å²) in [6.07, 6.45) is 0.775. The maximum atomic E-state index is 9.98. The van der Waals surface area contributed by atoms with Gasteiger partial charge in [-0.15, -0.1) is 0 Å². The number of aliphatic hydroxyl groups is 1. The van der Waals surface area contributed by atoms with E-state index in [1.807, 2.05) is 18.2 Å². The molecule has 140 valence electrons. The first kappa shape index (κ1) is 18.7. The summed E-state index contributed by atoms with van der Waals surface area (Å²) in [4.78, 5) is 4.86. The number of piperazine rings is 1. The molecule has 1 atom stereocenters. The third-order valence-corrected chi connectivity index (χ3v) is 5.03. The fraction of sp³-hybridized carbons (Fsp3) is 0.429. The fourth-order valence-electron chi connectivity index (χ4n) is 3.64. The third-order valence-electron chi connectivity index (χ3n) is 5.03. The summed E-state index contributed by atoms with van der Waals surface area (Å²) >= 11 is 0. The van der Waals surface area contributed by atoms with Crippen molar-refractivity contribution in [1.29, 1.82) is 0 Å². The van der Waals surface area contributed by atoms with Crippen LogP contribution < -0.4 is 4.74 Å². The van der Waals surface area contributed by atoms with Gasteiger partial charge in [0.05, 0.1) is 7.11 Å². The summed E-state index contributed by atoms with van der Waals surface area (Å²) in [5.41, 5.74) is 2.38. The van der Waals surface area contributed by atoms with E-state index in [4.69, 9.17) is 4.74 Å². The van der Waals surface area contributed by atoms with Crippen LogP contribution in [-0.4, -0.2) is 59.4 Å². The molecule has 1 saturated heterocycles. The Morgan fingerprint density at radius 1 is 1.04 bits per heavy atom. The highest BCUT2D eigenvalue weighted by molar-refractivity contribution is 5.41. The second-order valence-electron chi connectivity index (χ2n) is 6.86. The zero-order valence-corrected chi connectivity index (χ0v) is 15.3. The standard InChI is InChI=1S/C21H28N2O3/c1-26-21-8-7-18(13-20(21)25)14-22-10-11-23(19(16-22)9-12-24)15-17-5-3-2-4-6-17/h2-8,13,19,24-25H,9-12,14-16H2,1H3. The quantitative estimate of drug-likeness (QED) is 0.798. The largest absolute Gasteiger partial charge is 0.504 e. The lowest BCUT2D eigenvalue weighted by Crippen LogP contribution is -2.52. The second-order valence-corrected chi connectivity index (χ2v) is 6.86. The van der Waals surface area contributed by atoms with Crippen molar-refractivity contribution in [3.05, 3.63) is 59.7 Å². The molecular weight excluding hydrogens is 328 g/mol. The van der Waals surface area contributed by atoms with E-state index in [-0.39, 0.29) is 12.4 Å². The average Bonchev–Trinajstić information content (AvgIpc) is 2.65. The van der Waals surface area contributed by atoms with Crippen LogP contribution in [0.3, 0.4) is 0 Å². The Hall–Kier alpha value is -2.08. The van der Waals surface area contributed by atoms with Gasteiger partial charge in [0.1, 0.15) is 0 Å². The van der Waals surface area contributed by atoms with E-state index in [1.54, 1.807) is 13.2 Å². The van der Waals surface area contributed by atoms with E-state index in [1.165, 1.54) is 5.56 Å². The molecule has 5 nitrogen and oxygen atoms in total. The van der Waals surface area contributed by atoms with Crippen LogP contribution in [0.25, 0.3) is 0 Å². The van der Waals surface area contributed by atoms with Gasteiger partial charge in [-0.1, -0.05) is 36.4 Å². The normalized spacial score (nSPS) is 18.8. The molecule has 2 aromatic rings. The Balaban J connectivity index is 1.62. The summed E-state index contributed by atoms with van der Waals surface area (Å²) in [7, 11) is 1.56. The van der Waals surface area contributed by atoms with Crippen molar-refractivity contribution in [3.8, 4) is 11.5 Å². The highest BCUT2D eigenvalue weighted by atomic mass is 16.5.